The maximum absolute atomic E-state index is 6.05. The number of likely N-dealkylation sites (N-methyl/N-ethyl adjacent to an activating group) is 2. The van der Waals surface area contributed by atoms with Gasteiger partial charge >= 0.3 is 0 Å². The Morgan fingerprint density at radius 2 is 2.15 bits per heavy atom. The van der Waals surface area contributed by atoms with Crippen LogP contribution in [0.15, 0.2) is 29.3 Å². The molecule has 1 atom stereocenters. The monoisotopic (exact) mass is 475 g/mol. The molecule has 0 bridgehead atoms. The highest BCUT2D eigenvalue weighted by atomic mass is 127. The van der Waals surface area contributed by atoms with Crippen LogP contribution in [-0.4, -0.2) is 68.7 Å². The number of likely N-dealkylation sites (tertiary alicyclic amines) is 1. The van der Waals surface area contributed by atoms with Crippen molar-refractivity contribution < 1.29 is 4.74 Å². The van der Waals surface area contributed by atoms with E-state index in [1.54, 1.807) is 0 Å². The van der Waals surface area contributed by atoms with Crippen molar-refractivity contribution in [2.24, 2.45) is 10.7 Å². The second-order valence-electron chi connectivity index (χ2n) is 6.77. The molecule has 0 radical (unpaired) electrons. The van der Waals surface area contributed by atoms with Crippen LogP contribution in [0, 0.1) is 0 Å². The van der Waals surface area contributed by atoms with Gasteiger partial charge in [-0.3, -0.25) is 4.90 Å². The summed E-state index contributed by atoms with van der Waals surface area (Å²) in [6.07, 6.45) is 2.51. The van der Waals surface area contributed by atoms with Gasteiger partial charge in [-0.2, -0.15) is 0 Å². The number of rotatable bonds is 9. The summed E-state index contributed by atoms with van der Waals surface area (Å²) in [7, 11) is 4.08. The van der Waals surface area contributed by atoms with Gasteiger partial charge in [-0.15, -0.1) is 24.0 Å². The molecule has 2 rings (SSSR count). The van der Waals surface area contributed by atoms with E-state index in [0.29, 0.717) is 25.2 Å². The van der Waals surface area contributed by atoms with Crippen LogP contribution in [0.1, 0.15) is 25.3 Å². The first kappa shape index (κ1) is 23.0. The second kappa shape index (κ2) is 12.3. The SMILES string of the molecule is CCN1CCCC1CNC(N)=NCc1ccccc1OCCN(C)C.I. The quantitative estimate of drug-likeness (QED) is 0.326. The highest BCUT2D eigenvalue weighted by molar-refractivity contribution is 14.0. The number of halogens is 1. The van der Waals surface area contributed by atoms with Crippen molar-refractivity contribution in [1.29, 1.82) is 0 Å². The fraction of sp³-hybridized carbons (Fsp3) is 0.632. The third-order valence-electron chi connectivity index (χ3n) is 4.61. The molecule has 6 nitrogen and oxygen atoms in total. The molecule has 0 aromatic heterocycles. The molecular formula is C19H34IN5O. The van der Waals surface area contributed by atoms with Crippen LogP contribution >= 0.6 is 24.0 Å². The van der Waals surface area contributed by atoms with Crippen LogP contribution in [0.25, 0.3) is 0 Å². The summed E-state index contributed by atoms with van der Waals surface area (Å²) in [6, 6.07) is 8.59. The number of para-hydroxylation sites is 1. The van der Waals surface area contributed by atoms with Crippen LogP contribution < -0.4 is 15.8 Å². The summed E-state index contributed by atoms with van der Waals surface area (Å²) in [6.45, 7) is 7.44. The molecule has 1 aliphatic rings. The second-order valence-corrected chi connectivity index (χ2v) is 6.77. The van der Waals surface area contributed by atoms with E-state index in [-0.39, 0.29) is 24.0 Å². The van der Waals surface area contributed by atoms with Gasteiger partial charge in [-0.25, -0.2) is 4.99 Å². The number of nitrogens with zero attached hydrogens (tertiary/aromatic N) is 3. The lowest BCUT2D eigenvalue weighted by molar-refractivity contribution is 0.259. The van der Waals surface area contributed by atoms with E-state index < -0.39 is 0 Å². The van der Waals surface area contributed by atoms with E-state index in [1.807, 2.05) is 38.4 Å². The number of hydrogen-bond donors (Lipinski definition) is 2. The van der Waals surface area contributed by atoms with E-state index >= 15 is 0 Å². The Hall–Kier alpha value is -1.06. The van der Waals surface area contributed by atoms with Gasteiger partial charge in [0.05, 0.1) is 6.54 Å². The third-order valence-corrected chi connectivity index (χ3v) is 4.61. The summed E-state index contributed by atoms with van der Waals surface area (Å²) >= 11 is 0. The highest BCUT2D eigenvalue weighted by Gasteiger charge is 2.22. The van der Waals surface area contributed by atoms with E-state index in [9.17, 15) is 0 Å². The summed E-state index contributed by atoms with van der Waals surface area (Å²) in [5.41, 5.74) is 7.11. The number of aliphatic imine (C=N–C) groups is 1. The fourth-order valence-electron chi connectivity index (χ4n) is 3.10. The topological polar surface area (TPSA) is 66.1 Å². The zero-order valence-electron chi connectivity index (χ0n) is 16.3. The van der Waals surface area contributed by atoms with Crippen molar-refractivity contribution in [3.8, 4) is 5.75 Å². The van der Waals surface area contributed by atoms with Crippen LogP contribution in [0.4, 0.5) is 0 Å². The van der Waals surface area contributed by atoms with Gasteiger partial charge in [0.15, 0.2) is 5.96 Å². The Balaban J connectivity index is 0.00000338. The predicted octanol–water partition coefficient (Wildman–Crippen LogP) is 2.13. The largest absolute Gasteiger partial charge is 0.492 e. The molecule has 1 heterocycles. The Labute approximate surface area is 175 Å². The molecule has 7 heteroatoms. The van der Waals surface area contributed by atoms with Crippen LogP contribution in [0.5, 0.6) is 5.75 Å². The van der Waals surface area contributed by atoms with Crippen molar-refractivity contribution in [3.05, 3.63) is 29.8 Å². The standard InChI is InChI=1S/C19H33N5O.HI/c1-4-24-11-7-9-17(24)15-22-19(20)21-14-16-8-5-6-10-18(16)25-13-12-23(2)3;/h5-6,8,10,17H,4,7,9,11-15H2,1-3H3,(H3,20,21,22);1H. The van der Waals surface area contributed by atoms with E-state index in [0.717, 1.165) is 30.9 Å². The lowest BCUT2D eigenvalue weighted by Crippen LogP contribution is -2.42. The number of nitrogens with one attached hydrogen (secondary N) is 1. The molecule has 1 aromatic rings. The molecule has 0 amide bonds. The molecule has 3 N–H and O–H groups in total. The first-order valence-corrected chi connectivity index (χ1v) is 9.23. The van der Waals surface area contributed by atoms with Crippen molar-refractivity contribution >= 4 is 29.9 Å². The summed E-state index contributed by atoms with van der Waals surface area (Å²) in [5.74, 6) is 1.39. The van der Waals surface area contributed by atoms with Gasteiger partial charge in [-0.1, -0.05) is 25.1 Å². The molecule has 0 saturated carbocycles. The van der Waals surface area contributed by atoms with Crippen molar-refractivity contribution in [2.45, 2.75) is 32.4 Å². The van der Waals surface area contributed by atoms with Crippen molar-refractivity contribution in [3.63, 3.8) is 0 Å². The fourth-order valence-corrected chi connectivity index (χ4v) is 3.10. The van der Waals surface area contributed by atoms with Gasteiger partial charge in [0.25, 0.3) is 0 Å². The normalized spacial score (nSPS) is 18.0. The maximum atomic E-state index is 6.05. The zero-order chi connectivity index (χ0) is 18.1. The predicted molar refractivity (Wildman–Crippen MR) is 120 cm³/mol. The molecule has 1 aliphatic heterocycles. The smallest absolute Gasteiger partial charge is 0.188 e. The summed E-state index contributed by atoms with van der Waals surface area (Å²) in [5, 5.41) is 3.28. The molecule has 0 spiro atoms. The maximum Gasteiger partial charge on any atom is 0.188 e. The number of guanidine groups is 1. The zero-order valence-corrected chi connectivity index (χ0v) is 18.6. The van der Waals surface area contributed by atoms with Crippen LogP contribution in [-0.2, 0) is 6.54 Å². The van der Waals surface area contributed by atoms with Gasteiger partial charge in [0.2, 0.25) is 0 Å². The number of benzene rings is 1. The first-order chi connectivity index (χ1) is 12.1. The Kier molecular flexibility index (Phi) is 10.9. The van der Waals surface area contributed by atoms with E-state index in [4.69, 9.17) is 10.5 Å². The third kappa shape index (κ3) is 7.67. The lowest BCUT2D eigenvalue weighted by atomic mass is 10.2. The first-order valence-electron chi connectivity index (χ1n) is 9.23. The van der Waals surface area contributed by atoms with E-state index in [2.05, 4.69) is 27.0 Å². The highest BCUT2D eigenvalue weighted by Crippen LogP contribution is 2.19. The van der Waals surface area contributed by atoms with Crippen molar-refractivity contribution in [1.82, 2.24) is 15.1 Å². The lowest BCUT2D eigenvalue weighted by Gasteiger charge is -2.23. The molecule has 1 unspecified atom stereocenters. The minimum Gasteiger partial charge on any atom is -0.492 e. The minimum absolute atomic E-state index is 0. The van der Waals surface area contributed by atoms with Gasteiger partial charge in [0.1, 0.15) is 12.4 Å². The minimum atomic E-state index is 0. The Bertz CT molecular complexity index is 552. The molecule has 1 aromatic carbocycles. The van der Waals surface area contributed by atoms with Gasteiger partial charge in [-0.05, 0) is 46.1 Å². The van der Waals surface area contributed by atoms with Crippen LogP contribution in [0.3, 0.4) is 0 Å². The summed E-state index contributed by atoms with van der Waals surface area (Å²) < 4.78 is 5.87. The van der Waals surface area contributed by atoms with Gasteiger partial charge < -0.3 is 20.7 Å². The van der Waals surface area contributed by atoms with Crippen molar-refractivity contribution in [2.75, 3.05) is 46.9 Å². The molecular weight excluding hydrogens is 441 g/mol. The number of hydrogen-bond acceptors (Lipinski definition) is 4. The average Bonchev–Trinajstić information content (AvgIpc) is 3.06. The molecule has 26 heavy (non-hydrogen) atoms. The average molecular weight is 475 g/mol. The molecule has 0 aliphatic carbocycles. The summed E-state index contributed by atoms with van der Waals surface area (Å²) in [4.78, 5) is 9.08. The van der Waals surface area contributed by atoms with Gasteiger partial charge in [0, 0.05) is 24.7 Å². The Morgan fingerprint density at radius 1 is 1.38 bits per heavy atom. The molecule has 148 valence electrons. The van der Waals surface area contributed by atoms with Crippen LogP contribution in [0.2, 0.25) is 0 Å². The van der Waals surface area contributed by atoms with E-state index in [1.165, 1.54) is 19.4 Å². The number of ether oxygens (including phenoxy) is 1. The Morgan fingerprint density at radius 3 is 2.88 bits per heavy atom. The molecule has 1 fully saturated rings. The number of nitrogens with two attached hydrogens (primary N) is 1. The molecule has 1 saturated heterocycles.